The van der Waals surface area contributed by atoms with E-state index in [-0.39, 0.29) is 5.60 Å². The maximum atomic E-state index is 5.48. The van der Waals surface area contributed by atoms with E-state index in [0.717, 1.165) is 18.5 Å². The molecule has 0 spiro atoms. The molecule has 0 aromatic carbocycles. The molecule has 2 aliphatic heterocycles. The van der Waals surface area contributed by atoms with Gasteiger partial charge in [-0.3, -0.25) is 0 Å². The first-order valence-electron chi connectivity index (χ1n) is 6.62. The van der Waals surface area contributed by atoms with Gasteiger partial charge in [-0.15, -0.1) is 0 Å². The Morgan fingerprint density at radius 3 is 2.75 bits per heavy atom. The zero-order chi connectivity index (χ0) is 11.6. The minimum absolute atomic E-state index is 0.0265. The molecule has 2 saturated heterocycles. The summed E-state index contributed by atoms with van der Waals surface area (Å²) in [5.74, 6) is 0. The first kappa shape index (κ1) is 12.3. The summed E-state index contributed by atoms with van der Waals surface area (Å²) >= 11 is 0. The van der Waals surface area contributed by atoms with Crippen LogP contribution in [0.2, 0.25) is 0 Å². The standard InChI is InChI=1S/C13H26N2O/c1-13(2,16-3)7-9-15-8-6-11-4-5-12(10-15)14-11/h11-12,14H,4-10H2,1-3H3. The Kier molecular flexibility index (Phi) is 3.88. The number of nitrogens with one attached hydrogen (secondary N) is 1. The Morgan fingerprint density at radius 1 is 1.25 bits per heavy atom. The highest BCUT2D eigenvalue weighted by molar-refractivity contribution is 4.89. The number of nitrogens with zero attached hydrogens (tertiary/aromatic N) is 1. The number of rotatable bonds is 4. The van der Waals surface area contributed by atoms with Gasteiger partial charge in [0.1, 0.15) is 0 Å². The van der Waals surface area contributed by atoms with Gasteiger partial charge in [-0.1, -0.05) is 0 Å². The van der Waals surface area contributed by atoms with Crippen LogP contribution in [-0.4, -0.2) is 49.3 Å². The van der Waals surface area contributed by atoms with Crippen LogP contribution in [0.5, 0.6) is 0 Å². The molecule has 0 saturated carbocycles. The van der Waals surface area contributed by atoms with Crippen molar-refractivity contribution < 1.29 is 4.74 Å². The lowest BCUT2D eigenvalue weighted by molar-refractivity contribution is 0.00714. The van der Waals surface area contributed by atoms with Gasteiger partial charge in [0.05, 0.1) is 5.60 Å². The fraction of sp³-hybridized carbons (Fsp3) is 1.00. The molecule has 2 bridgehead atoms. The normalized spacial score (nSPS) is 31.7. The van der Waals surface area contributed by atoms with Crippen LogP contribution in [0, 0.1) is 0 Å². The lowest BCUT2D eigenvalue weighted by atomic mass is 10.0. The third kappa shape index (κ3) is 3.19. The average Bonchev–Trinajstić information content (AvgIpc) is 2.57. The Balaban J connectivity index is 1.78. The van der Waals surface area contributed by atoms with Gasteiger partial charge in [-0.2, -0.15) is 0 Å². The van der Waals surface area contributed by atoms with Gasteiger partial charge in [-0.25, -0.2) is 0 Å². The van der Waals surface area contributed by atoms with Gasteiger partial charge in [0.15, 0.2) is 0 Å². The Bertz CT molecular complexity index is 230. The van der Waals surface area contributed by atoms with E-state index >= 15 is 0 Å². The van der Waals surface area contributed by atoms with Crippen LogP contribution < -0.4 is 5.32 Å². The summed E-state index contributed by atoms with van der Waals surface area (Å²) in [5, 5.41) is 3.72. The van der Waals surface area contributed by atoms with Crippen LogP contribution in [0.1, 0.15) is 39.5 Å². The van der Waals surface area contributed by atoms with Gasteiger partial charge >= 0.3 is 0 Å². The van der Waals surface area contributed by atoms with Crippen LogP contribution >= 0.6 is 0 Å². The molecule has 0 radical (unpaired) electrons. The largest absolute Gasteiger partial charge is 0.379 e. The summed E-state index contributed by atoms with van der Waals surface area (Å²) in [5.41, 5.74) is 0.0265. The Hall–Kier alpha value is -0.120. The molecule has 3 heteroatoms. The number of methoxy groups -OCH3 is 1. The Morgan fingerprint density at radius 2 is 2.00 bits per heavy atom. The highest BCUT2D eigenvalue weighted by Gasteiger charge is 2.29. The summed E-state index contributed by atoms with van der Waals surface area (Å²) in [6.07, 6.45) is 5.21. The van der Waals surface area contributed by atoms with E-state index in [1.807, 2.05) is 7.11 Å². The molecule has 2 atom stereocenters. The van der Waals surface area contributed by atoms with Crippen LogP contribution in [0.15, 0.2) is 0 Å². The van der Waals surface area contributed by atoms with Crippen LogP contribution in [0.25, 0.3) is 0 Å². The molecule has 2 heterocycles. The molecule has 0 aromatic rings. The molecule has 0 aliphatic carbocycles. The van der Waals surface area contributed by atoms with Crippen molar-refractivity contribution in [3.63, 3.8) is 0 Å². The SMILES string of the molecule is COC(C)(C)CCN1CCC2CCC(C1)N2. The molecule has 2 aliphatic rings. The van der Waals surface area contributed by atoms with Gasteiger partial charge < -0.3 is 15.0 Å². The fourth-order valence-electron chi connectivity index (χ4n) is 2.75. The second-order valence-electron chi connectivity index (χ2n) is 5.94. The predicted molar refractivity (Wildman–Crippen MR) is 66.7 cm³/mol. The second kappa shape index (κ2) is 5.03. The van der Waals surface area contributed by atoms with Crippen LogP contribution in [0.4, 0.5) is 0 Å². The summed E-state index contributed by atoms with van der Waals surface area (Å²) in [4.78, 5) is 2.61. The topological polar surface area (TPSA) is 24.5 Å². The van der Waals surface area contributed by atoms with Crippen LogP contribution in [0.3, 0.4) is 0 Å². The minimum atomic E-state index is 0.0265. The summed E-state index contributed by atoms with van der Waals surface area (Å²) in [6, 6.07) is 1.54. The third-order valence-corrected chi connectivity index (χ3v) is 4.19. The van der Waals surface area contributed by atoms with Gasteiger partial charge in [0.2, 0.25) is 0 Å². The van der Waals surface area contributed by atoms with E-state index < -0.39 is 0 Å². The molecule has 0 aromatic heterocycles. The third-order valence-electron chi connectivity index (χ3n) is 4.19. The van der Waals surface area contributed by atoms with E-state index in [4.69, 9.17) is 4.74 Å². The zero-order valence-electron chi connectivity index (χ0n) is 11.0. The van der Waals surface area contributed by atoms with E-state index in [1.165, 1.54) is 38.9 Å². The number of likely N-dealkylation sites (tertiary alicyclic amines) is 1. The molecule has 0 amide bonds. The fourth-order valence-corrected chi connectivity index (χ4v) is 2.75. The monoisotopic (exact) mass is 226 g/mol. The van der Waals surface area contributed by atoms with Crippen molar-refractivity contribution in [1.29, 1.82) is 0 Å². The lowest BCUT2D eigenvalue weighted by Gasteiger charge is -2.29. The highest BCUT2D eigenvalue weighted by atomic mass is 16.5. The van der Waals surface area contributed by atoms with Crippen molar-refractivity contribution in [2.24, 2.45) is 0 Å². The molecule has 2 rings (SSSR count). The summed E-state index contributed by atoms with van der Waals surface area (Å²) in [6.45, 7) is 8.01. The number of hydrogen-bond donors (Lipinski definition) is 1. The van der Waals surface area contributed by atoms with Gasteiger partial charge in [0, 0.05) is 32.3 Å². The lowest BCUT2D eigenvalue weighted by Crippen LogP contribution is -2.38. The molecular formula is C13H26N2O. The van der Waals surface area contributed by atoms with E-state index in [9.17, 15) is 0 Å². The molecule has 16 heavy (non-hydrogen) atoms. The van der Waals surface area contributed by atoms with Crippen molar-refractivity contribution in [2.75, 3.05) is 26.7 Å². The van der Waals surface area contributed by atoms with Crippen molar-refractivity contribution in [3.8, 4) is 0 Å². The zero-order valence-corrected chi connectivity index (χ0v) is 11.0. The maximum absolute atomic E-state index is 5.48. The quantitative estimate of drug-likeness (QED) is 0.788. The van der Waals surface area contributed by atoms with Gasteiger partial charge in [0.25, 0.3) is 0 Å². The van der Waals surface area contributed by atoms with Gasteiger partial charge in [-0.05, 0) is 46.1 Å². The smallest absolute Gasteiger partial charge is 0.0634 e. The molecular weight excluding hydrogens is 200 g/mol. The van der Waals surface area contributed by atoms with Crippen molar-refractivity contribution in [2.45, 2.75) is 57.2 Å². The van der Waals surface area contributed by atoms with E-state index in [2.05, 4.69) is 24.1 Å². The van der Waals surface area contributed by atoms with Crippen LogP contribution in [-0.2, 0) is 4.74 Å². The second-order valence-corrected chi connectivity index (χ2v) is 5.94. The maximum Gasteiger partial charge on any atom is 0.0634 e. The van der Waals surface area contributed by atoms with Crippen molar-refractivity contribution in [1.82, 2.24) is 10.2 Å². The molecule has 2 fully saturated rings. The molecule has 94 valence electrons. The van der Waals surface area contributed by atoms with E-state index in [0.29, 0.717) is 0 Å². The van der Waals surface area contributed by atoms with Crippen molar-refractivity contribution in [3.05, 3.63) is 0 Å². The average molecular weight is 226 g/mol. The first-order chi connectivity index (χ1) is 7.59. The summed E-state index contributed by atoms with van der Waals surface area (Å²) in [7, 11) is 1.81. The molecule has 2 unspecified atom stereocenters. The number of hydrogen-bond acceptors (Lipinski definition) is 3. The molecule has 3 nitrogen and oxygen atoms in total. The predicted octanol–water partition coefficient (Wildman–Crippen LogP) is 1.63. The summed E-state index contributed by atoms with van der Waals surface area (Å²) < 4.78 is 5.48. The Labute approximate surface area is 99.5 Å². The first-order valence-corrected chi connectivity index (χ1v) is 6.62. The number of fused-ring (bicyclic) bond motifs is 2. The van der Waals surface area contributed by atoms with Crippen molar-refractivity contribution >= 4 is 0 Å². The highest BCUT2D eigenvalue weighted by Crippen LogP contribution is 2.21. The number of ether oxygens (including phenoxy) is 1. The van der Waals surface area contributed by atoms with E-state index in [1.54, 1.807) is 0 Å². The minimum Gasteiger partial charge on any atom is -0.379 e. The molecule has 1 N–H and O–H groups in total.